The summed E-state index contributed by atoms with van der Waals surface area (Å²) in [7, 11) is 0. The zero-order valence-corrected chi connectivity index (χ0v) is 19.9. The smallest absolute Gasteiger partial charge is 0.0560 e. The van der Waals surface area contributed by atoms with Gasteiger partial charge in [-0.3, -0.25) is 0 Å². The van der Waals surface area contributed by atoms with Crippen molar-refractivity contribution in [2.75, 3.05) is 0 Å². The van der Waals surface area contributed by atoms with Crippen LogP contribution in [0.15, 0.2) is 150 Å². The van der Waals surface area contributed by atoms with Crippen molar-refractivity contribution in [1.82, 2.24) is 0 Å². The van der Waals surface area contributed by atoms with E-state index in [2.05, 4.69) is 162 Å². The molecule has 160 valence electrons. The maximum atomic E-state index is 3.65. The molecule has 0 aromatic heterocycles. The van der Waals surface area contributed by atoms with Crippen LogP contribution in [0.1, 0.15) is 33.7 Å². The maximum absolute atomic E-state index is 3.65. The largest absolute Gasteiger partial charge is 0.0622 e. The molecule has 0 N–H and O–H groups in total. The van der Waals surface area contributed by atoms with Crippen LogP contribution in [0.4, 0.5) is 0 Å². The summed E-state index contributed by atoms with van der Waals surface area (Å²) in [6.07, 6.45) is 0. The van der Waals surface area contributed by atoms with Crippen molar-refractivity contribution in [3.8, 4) is 0 Å². The highest BCUT2D eigenvalue weighted by Gasteiger charge is 2.45. The summed E-state index contributed by atoms with van der Waals surface area (Å²) in [6, 6.07) is 52.6. The second-order valence-corrected chi connectivity index (χ2v) is 9.22. The van der Waals surface area contributed by atoms with E-state index in [0.717, 1.165) is 4.47 Å². The second kappa shape index (κ2) is 9.60. The zero-order valence-electron chi connectivity index (χ0n) is 18.3. The number of rotatable bonds is 6. The molecule has 0 bridgehead atoms. The first kappa shape index (κ1) is 21.4. The van der Waals surface area contributed by atoms with Crippen LogP contribution in [0.2, 0.25) is 0 Å². The molecule has 0 saturated heterocycles. The molecule has 0 fully saturated rings. The first-order valence-corrected chi connectivity index (χ1v) is 12.1. The Morgan fingerprint density at radius 1 is 0.394 bits per heavy atom. The summed E-state index contributed by atoms with van der Waals surface area (Å²) in [5, 5.41) is 0. The number of hydrogen-bond acceptors (Lipinski definition) is 0. The van der Waals surface area contributed by atoms with Gasteiger partial charge in [0.1, 0.15) is 0 Å². The highest BCUT2D eigenvalue weighted by Crippen LogP contribution is 2.52. The molecule has 0 unspecified atom stereocenters. The van der Waals surface area contributed by atoms with Crippen LogP contribution < -0.4 is 0 Å². The van der Waals surface area contributed by atoms with Crippen molar-refractivity contribution in [1.29, 1.82) is 0 Å². The minimum absolute atomic E-state index is 0.0749. The Morgan fingerprint density at radius 3 is 1.12 bits per heavy atom. The lowest BCUT2D eigenvalue weighted by Crippen LogP contribution is -2.37. The zero-order chi connectivity index (χ0) is 22.5. The SMILES string of the molecule is Brc1ccc(C(c2ccccc2)(c2ccccc2)C(c2ccccc2)c2ccccc2)cc1. The Balaban J connectivity index is 1.94. The molecular weight excluding hydrogens is 464 g/mol. The Morgan fingerprint density at radius 2 is 0.727 bits per heavy atom. The molecule has 0 aliphatic rings. The molecular formula is C32H25Br. The van der Waals surface area contributed by atoms with Crippen LogP contribution >= 0.6 is 15.9 Å². The van der Waals surface area contributed by atoms with Crippen molar-refractivity contribution in [3.05, 3.63) is 178 Å². The highest BCUT2D eigenvalue weighted by molar-refractivity contribution is 9.10. The van der Waals surface area contributed by atoms with Gasteiger partial charge in [0.2, 0.25) is 0 Å². The fourth-order valence-corrected chi connectivity index (χ4v) is 5.36. The molecule has 0 saturated carbocycles. The normalized spacial score (nSPS) is 11.5. The summed E-state index contributed by atoms with van der Waals surface area (Å²) in [4.78, 5) is 0. The highest BCUT2D eigenvalue weighted by atomic mass is 79.9. The van der Waals surface area contributed by atoms with E-state index >= 15 is 0 Å². The van der Waals surface area contributed by atoms with Gasteiger partial charge in [0, 0.05) is 10.4 Å². The van der Waals surface area contributed by atoms with E-state index in [0.29, 0.717) is 0 Å². The summed E-state index contributed by atoms with van der Waals surface area (Å²) in [6.45, 7) is 0. The van der Waals surface area contributed by atoms with Crippen LogP contribution in [0, 0.1) is 0 Å². The lowest BCUT2D eigenvalue weighted by atomic mass is 9.58. The predicted molar refractivity (Wildman–Crippen MR) is 142 cm³/mol. The Hall–Kier alpha value is -3.42. The van der Waals surface area contributed by atoms with Gasteiger partial charge in [-0.2, -0.15) is 0 Å². The molecule has 0 nitrogen and oxygen atoms in total. The topological polar surface area (TPSA) is 0 Å². The van der Waals surface area contributed by atoms with Gasteiger partial charge in [-0.15, -0.1) is 0 Å². The Labute approximate surface area is 204 Å². The van der Waals surface area contributed by atoms with Crippen molar-refractivity contribution < 1.29 is 0 Å². The third-order valence-electron chi connectivity index (χ3n) is 6.46. The molecule has 0 aliphatic heterocycles. The van der Waals surface area contributed by atoms with Crippen LogP contribution in [0.5, 0.6) is 0 Å². The lowest BCUT2D eigenvalue weighted by Gasteiger charge is -2.43. The maximum Gasteiger partial charge on any atom is 0.0560 e. The molecule has 5 aromatic rings. The van der Waals surface area contributed by atoms with E-state index in [1.807, 2.05) is 0 Å². The fraction of sp³-hybridized carbons (Fsp3) is 0.0625. The van der Waals surface area contributed by atoms with Crippen LogP contribution in [0.25, 0.3) is 0 Å². The van der Waals surface area contributed by atoms with E-state index < -0.39 is 5.41 Å². The van der Waals surface area contributed by atoms with Gasteiger partial charge in [-0.05, 0) is 39.9 Å². The van der Waals surface area contributed by atoms with Crippen LogP contribution in [-0.2, 0) is 5.41 Å². The lowest BCUT2D eigenvalue weighted by molar-refractivity contribution is 0.537. The molecule has 0 radical (unpaired) electrons. The predicted octanol–water partition coefficient (Wildman–Crippen LogP) is 8.62. The molecule has 0 heterocycles. The first-order valence-electron chi connectivity index (χ1n) is 11.3. The van der Waals surface area contributed by atoms with E-state index in [1.54, 1.807) is 0 Å². The molecule has 0 atom stereocenters. The van der Waals surface area contributed by atoms with Gasteiger partial charge in [-0.25, -0.2) is 0 Å². The number of halogens is 1. The van der Waals surface area contributed by atoms with Gasteiger partial charge in [-0.1, -0.05) is 149 Å². The standard InChI is InChI=1S/C32H25Br/c33-30-23-21-29(22-24-30)32(27-17-9-3-10-18-27,28-19-11-4-12-20-28)31(25-13-5-1-6-14-25)26-15-7-2-8-16-26/h1-24,31H. The van der Waals surface area contributed by atoms with Gasteiger partial charge in [0.05, 0.1) is 5.41 Å². The van der Waals surface area contributed by atoms with E-state index in [1.165, 1.54) is 27.8 Å². The molecule has 0 spiro atoms. The monoisotopic (exact) mass is 488 g/mol. The van der Waals surface area contributed by atoms with E-state index in [9.17, 15) is 0 Å². The van der Waals surface area contributed by atoms with Crippen molar-refractivity contribution in [3.63, 3.8) is 0 Å². The third-order valence-corrected chi connectivity index (χ3v) is 6.99. The Bertz CT molecular complexity index is 1200. The first-order chi connectivity index (χ1) is 16.3. The van der Waals surface area contributed by atoms with E-state index in [4.69, 9.17) is 0 Å². The van der Waals surface area contributed by atoms with Crippen molar-refractivity contribution >= 4 is 15.9 Å². The van der Waals surface area contributed by atoms with Crippen molar-refractivity contribution in [2.24, 2.45) is 0 Å². The number of hydrogen-bond donors (Lipinski definition) is 0. The van der Waals surface area contributed by atoms with Crippen LogP contribution in [-0.4, -0.2) is 0 Å². The molecule has 5 aromatic carbocycles. The second-order valence-electron chi connectivity index (χ2n) is 8.30. The van der Waals surface area contributed by atoms with Gasteiger partial charge in [0.25, 0.3) is 0 Å². The average molecular weight is 489 g/mol. The van der Waals surface area contributed by atoms with Gasteiger partial charge in [0.15, 0.2) is 0 Å². The fourth-order valence-electron chi connectivity index (χ4n) is 5.10. The Kier molecular flexibility index (Phi) is 6.24. The average Bonchev–Trinajstić information content (AvgIpc) is 2.90. The van der Waals surface area contributed by atoms with Gasteiger partial charge < -0.3 is 0 Å². The van der Waals surface area contributed by atoms with Crippen LogP contribution in [0.3, 0.4) is 0 Å². The minimum Gasteiger partial charge on any atom is -0.0622 e. The van der Waals surface area contributed by atoms with Gasteiger partial charge >= 0.3 is 0 Å². The molecule has 5 rings (SSSR count). The summed E-state index contributed by atoms with van der Waals surface area (Å²) in [5.41, 5.74) is 5.97. The molecule has 33 heavy (non-hydrogen) atoms. The molecule has 1 heteroatoms. The third kappa shape index (κ3) is 4.05. The summed E-state index contributed by atoms with van der Waals surface area (Å²) in [5.74, 6) is 0.0749. The quantitative estimate of drug-likeness (QED) is 0.210. The number of benzene rings is 5. The molecule has 0 aliphatic carbocycles. The van der Waals surface area contributed by atoms with E-state index in [-0.39, 0.29) is 5.92 Å². The summed E-state index contributed by atoms with van der Waals surface area (Å²) >= 11 is 3.65. The summed E-state index contributed by atoms with van der Waals surface area (Å²) < 4.78 is 1.08. The minimum atomic E-state index is -0.425. The van der Waals surface area contributed by atoms with Crippen molar-refractivity contribution in [2.45, 2.75) is 11.3 Å². The molecule has 0 amide bonds.